The lowest BCUT2D eigenvalue weighted by Gasteiger charge is -2.22. The maximum Gasteiger partial charge on any atom is 0.326 e. The van der Waals surface area contributed by atoms with Crippen molar-refractivity contribution in [3.63, 3.8) is 0 Å². The summed E-state index contributed by atoms with van der Waals surface area (Å²) in [4.78, 5) is 24.3. The molecule has 3 rings (SSSR count). The maximum absolute atomic E-state index is 12.4. The predicted octanol–water partition coefficient (Wildman–Crippen LogP) is 2.28. The molecular weight excluding hydrogens is 244 g/mol. The largest absolute Gasteiger partial charge is 0.508 e. The number of carbonyl (C=O) groups is 2. The van der Waals surface area contributed by atoms with Crippen molar-refractivity contribution in [2.45, 2.75) is 5.92 Å². The van der Waals surface area contributed by atoms with Gasteiger partial charge in [-0.1, -0.05) is 30.3 Å². The summed E-state index contributed by atoms with van der Waals surface area (Å²) in [5.41, 5.74) is 0.919. The van der Waals surface area contributed by atoms with Gasteiger partial charge in [0.1, 0.15) is 17.4 Å². The number of benzene rings is 2. The van der Waals surface area contributed by atoms with E-state index < -0.39 is 11.9 Å². The molecule has 2 aromatic rings. The van der Waals surface area contributed by atoms with E-state index in [0.717, 1.165) is 0 Å². The predicted molar refractivity (Wildman–Crippen MR) is 67.3 cm³/mol. The van der Waals surface area contributed by atoms with Crippen LogP contribution in [0.1, 0.15) is 21.8 Å². The molecule has 0 saturated carbocycles. The first-order valence-corrected chi connectivity index (χ1v) is 5.80. The van der Waals surface area contributed by atoms with Gasteiger partial charge in [-0.3, -0.25) is 9.59 Å². The molecule has 19 heavy (non-hydrogen) atoms. The molecule has 0 bridgehead atoms. The number of aromatic hydroxyl groups is 1. The second kappa shape index (κ2) is 4.24. The van der Waals surface area contributed by atoms with E-state index in [1.807, 2.05) is 6.07 Å². The number of phenols is 1. The van der Waals surface area contributed by atoms with Crippen LogP contribution in [0.2, 0.25) is 0 Å². The molecule has 94 valence electrons. The Morgan fingerprint density at radius 1 is 1.00 bits per heavy atom. The van der Waals surface area contributed by atoms with Gasteiger partial charge in [0.25, 0.3) is 0 Å². The third-order valence-corrected chi connectivity index (χ3v) is 3.07. The topological polar surface area (TPSA) is 63.6 Å². The molecule has 4 heteroatoms. The van der Waals surface area contributed by atoms with Crippen molar-refractivity contribution < 1.29 is 19.4 Å². The Balaban J connectivity index is 2.09. The zero-order chi connectivity index (χ0) is 13.4. The van der Waals surface area contributed by atoms with E-state index in [9.17, 15) is 14.7 Å². The summed E-state index contributed by atoms with van der Waals surface area (Å²) < 4.78 is 5.13. The number of hydrogen-bond acceptors (Lipinski definition) is 4. The summed E-state index contributed by atoms with van der Waals surface area (Å²) in [5.74, 6) is -1.79. The highest BCUT2D eigenvalue weighted by molar-refractivity contribution is 6.17. The van der Waals surface area contributed by atoms with Crippen molar-refractivity contribution in [3.05, 3.63) is 59.7 Å². The van der Waals surface area contributed by atoms with E-state index in [1.165, 1.54) is 18.2 Å². The number of Topliss-reactive ketones (excluding diaryl/α,β-unsaturated/α-hetero) is 1. The highest BCUT2D eigenvalue weighted by Crippen LogP contribution is 2.35. The van der Waals surface area contributed by atoms with Gasteiger partial charge in [0, 0.05) is 6.07 Å². The molecule has 2 aromatic carbocycles. The Labute approximate surface area is 109 Å². The van der Waals surface area contributed by atoms with Crippen LogP contribution in [-0.4, -0.2) is 16.9 Å². The van der Waals surface area contributed by atoms with Gasteiger partial charge in [-0.2, -0.15) is 0 Å². The highest BCUT2D eigenvalue weighted by Gasteiger charge is 2.37. The molecule has 0 saturated heterocycles. The van der Waals surface area contributed by atoms with Crippen molar-refractivity contribution in [1.82, 2.24) is 0 Å². The van der Waals surface area contributed by atoms with Crippen LogP contribution in [0.3, 0.4) is 0 Å². The molecule has 0 radical (unpaired) electrons. The van der Waals surface area contributed by atoms with Crippen LogP contribution in [0.25, 0.3) is 0 Å². The second-order valence-electron chi connectivity index (χ2n) is 4.31. The molecule has 1 aliphatic heterocycles. The highest BCUT2D eigenvalue weighted by atomic mass is 16.5. The van der Waals surface area contributed by atoms with E-state index in [-0.39, 0.29) is 17.3 Å². The number of hydrogen-bond donors (Lipinski definition) is 1. The van der Waals surface area contributed by atoms with Crippen LogP contribution in [0.15, 0.2) is 48.5 Å². The summed E-state index contributed by atoms with van der Waals surface area (Å²) in [7, 11) is 0. The average molecular weight is 254 g/mol. The van der Waals surface area contributed by atoms with Gasteiger partial charge in [-0.25, -0.2) is 0 Å². The van der Waals surface area contributed by atoms with Gasteiger partial charge in [0.2, 0.25) is 0 Å². The lowest BCUT2D eigenvalue weighted by Crippen LogP contribution is -2.31. The minimum absolute atomic E-state index is 0.0440. The molecule has 0 spiro atoms. The Bertz CT molecular complexity index is 661. The molecule has 0 amide bonds. The zero-order valence-electron chi connectivity index (χ0n) is 9.87. The van der Waals surface area contributed by atoms with Crippen LogP contribution in [-0.2, 0) is 4.79 Å². The van der Waals surface area contributed by atoms with E-state index in [4.69, 9.17) is 4.74 Å². The average Bonchev–Trinajstić information content (AvgIpc) is 2.39. The molecule has 0 aromatic heterocycles. The number of phenolic OH excluding ortho intramolecular Hbond substituents is 1. The van der Waals surface area contributed by atoms with Crippen molar-refractivity contribution in [2.24, 2.45) is 0 Å². The van der Waals surface area contributed by atoms with Gasteiger partial charge in [0.15, 0.2) is 5.78 Å². The van der Waals surface area contributed by atoms with Gasteiger partial charge in [-0.05, 0) is 17.7 Å². The minimum atomic E-state index is -0.932. The molecule has 1 N–H and O–H groups in total. The summed E-state index contributed by atoms with van der Waals surface area (Å²) in [6.45, 7) is 0. The third kappa shape index (κ3) is 1.87. The van der Waals surface area contributed by atoms with Crippen molar-refractivity contribution in [2.75, 3.05) is 0 Å². The number of rotatable bonds is 1. The molecule has 1 unspecified atom stereocenters. The fourth-order valence-corrected chi connectivity index (χ4v) is 2.16. The molecule has 1 aliphatic rings. The number of esters is 1. The standard InChI is InChI=1S/C15H10O4/c16-10-6-7-11-12(8-10)19-15(18)13(14(11)17)9-4-2-1-3-5-9/h1-8,13,16H. The minimum Gasteiger partial charge on any atom is -0.508 e. The van der Waals surface area contributed by atoms with Crippen LogP contribution < -0.4 is 4.74 Å². The van der Waals surface area contributed by atoms with E-state index in [2.05, 4.69) is 0 Å². The lowest BCUT2D eigenvalue weighted by atomic mass is 9.88. The molecule has 0 aliphatic carbocycles. The fourth-order valence-electron chi connectivity index (χ4n) is 2.16. The summed E-state index contributed by atoms with van der Waals surface area (Å²) >= 11 is 0. The van der Waals surface area contributed by atoms with Gasteiger partial charge < -0.3 is 9.84 Å². The fraction of sp³-hybridized carbons (Fsp3) is 0.0667. The van der Waals surface area contributed by atoms with Crippen LogP contribution >= 0.6 is 0 Å². The first-order chi connectivity index (χ1) is 9.16. The Morgan fingerprint density at radius 3 is 2.47 bits per heavy atom. The quantitative estimate of drug-likeness (QED) is 0.481. The molecular formula is C15H10O4. The van der Waals surface area contributed by atoms with Crippen molar-refractivity contribution >= 4 is 11.8 Å². The van der Waals surface area contributed by atoms with E-state index >= 15 is 0 Å². The monoisotopic (exact) mass is 254 g/mol. The Hall–Kier alpha value is -2.62. The first kappa shape index (κ1) is 11.5. The normalized spacial score (nSPS) is 17.8. The van der Waals surface area contributed by atoms with E-state index in [1.54, 1.807) is 24.3 Å². The second-order valence-corrected chi connectivity index (χ2v) is 4.31. The number of ether oxygens (including phenoxy) is 1. The molecule has 1 atom stereocenters. The smallest absolute Gasteiger partial charge is 0.326 e. The SMILES string of the molecule is O=C1Oc2cc(O)ccc2C(=O)C1c1ccccc1. The summed E-state index contributed by atoms with van der Waals surface area (Å²) in [5, 5.41) is 9.34. The van der Waals surface area contributed by atoms with E-state index in [0.29, 0.717) is 11.1 Å². The summed E-state index contributed by atoms with van der Waals surface area (Å²) in [6.07, 6.45) is 0. The molecule has 0 fully saturated rings. The van der Waals surface area contributed by atoms with Crippen molar-refractivity contribution in [3.8, 4) is 11.5 Å². The summed E-state index contributed by atoms with van der Waals surface area (Å²) in [6, 6.07) is 12.9. The first-order valence-electron chi connectivity index (χ1n) is 5.80. The lowest BCUT2D eigenvalue weighted by molar-refractivity contribution is -0.135. The van der Waals surface area contributed by atoms with Crippen LogP contribution in [0.5, 0.6) is 11.5 Å². The third-order valence-electron chi connectivity index (χ3n) is 3.07. The number of fused-ring (bicyclic) bond motifs is 1. The zero-order valence-corrected chi connectivity index (χ0v) is 9.87. The van der Waals surface area contributed by atoms with Gasteiger partial charge in [-0.15, -0.1) is 0 Å². The Morgan fingerprint density at radius 2 is 1.74 bits per heavy atom. The van der Waals surface area contributed by atoms with Crippen LogP contribution in [0.4, 0.5) is 0 Å². The van der Waals surface area contributed by atoms with Crippen molar-refractivity contribution in [1.29, 1.82) is 0 Å². The maximum atomic E-state index is 12.4. The number of ketones is 1. The molecule has 1 heterocycles. The number of carbonyl (C=O) groups excluding carboxylic acids is 2. The van der Waals surface area contributed by atoms with Gasteiger partial charge in [0.05, 0.1) is 5.56 Å². The van der Waals surface area contributed by atoms with Gasteiger partial charge >= 0.3 is 5.97 Å². The molecule has 4 nitrogen and oxygen atoms in total. The Kier molecular flexibility index (Phi) is 2.56. The van der Waals surface area contributed by atoms with Crippen LogP contribution in [0, 0.1) is 0 Å².